The molecular formula is C11H17N3S. The van der Waals surface area contributed by atoms with E-state index in [1.54, 1.807) is 11.3 Å². The van der Waals surface area contributed by atoms with E-state index in [1.807, 2.05) is 11.6 Å². The second-order valence-electron chi connectivity index (χ2n) is 4.37. The Morgan fingerprint density at radius 2 is 2.40 bits per heavy atom. The minimum atomic E-state index is 0.185. The van der Waals surface area contributed by atoms with Crippen LogP contribution in [0.5, 0.6) is 0 Å². The lowest BCUT2D eigenvalue weighted by atomic mass is 9.83. The Labute approximate surface area is 93.9 Å². The van der Waals surface area contributed by atoms with E-state index in [9.17, 15) is 0 Å². The average Bonchev–Trinajstić information content (AvgIpc) is 2.77. The summed E-state index contributed by atoms with van der Waals surface area (Å²) in [5.74, 6) is 0. The first-order chi connectivity index (χ1) is 7.17. The molecule has 2 aromatic rings. The van der Waals surface area contributed by atoms with Crippen LogP contribution < -0.4 is 5.73 Å². The van der Waals surface area contributed by atoms with Crippen LogP contribution >= 0.6 is 11.3 Å². The van der Waals surface area contributed by atoms with Crippen molar-refractivity contribution in [1.29, 1.82) is 0 Å². The normalized spacial score (nSPS) is 15.7. The number of hydrogen-bond acceptors (Lipinski definition) is 3. The van der Waals surface area contributed by atoms with Crippen molar-refractivity contribution in [2.24, 2.45) is 11.1 Å². The van der Waals surface area contributed by atoms with Gasteiger partial charge in [0.15, 0.2) is 4.96 Å². The highest BCUT2D eigenvalue weighted by Gasteiger charge is 2.22. The van der Waals surface area contributed by atoms with Crippen molar-refractivity contribution in [2.45, 2.75) is 26.7 Å². The summed E-state index contributed by atoms with van der Waals surface area (Å²) in [7, 11) is 0. The van der Waals surface area contributed by atoms with Crippen LogP contribution in [-0.4, -0.2) is 15.9 Å². The molecule has 0 aliphatic rings. The van der Waals surface area contributed by atoms with Gasteiger partial charge < -0.3 is 5.73 Å². The lowest BCUT2D eigenvalue weighted by Gasteiger charge is -2.24. The van der Waals surface area contributed by atoms with E-state index in [0.29, 0.717) is 6.54 Å². The third kappa shape index (κ3) is 2.06. The SMILES string of the molecule is CCC(C)(CN)Cc1cn2ccsc2n1. The van der Waals surface area contributed by atoms with E-state index in [-0.39, 0.29) is 5.41 Å². The molecule has 0 aromatic carbocycles. The van der Waals surface area contributed by atoms with Crippen LogP contribution in [0, 0.1) is 5.41 Å². The van der Waals surface area contributed by atoms with Crippen LogP contribution in [0.4, 0.5) is 0 Å². The molecule has 2 aromatic heterocycles. The maximum absolute atomic E-state index is 5.80. The highest BCUT2D eigenvalue weighted by Crippen LogP contribution is 2.25. The summed E-state index contributed by atoms with van der Waals surface area (Å²) in [6.45, 7) is 5.13. The second kappa shape index (κ2) is 3.94. The number of rotatable bonds is 4. The van der Waals surface area contributed by atoms with Gasteiger partial charge in [-0.15, -0.1) is 11.3 Å². The van der Waals surface area contributed by atoms with Gasteiger partial charge >= 0.3 is 0 Å². The van der Waals surface area contributed by atoms with Crippen molar-refractivity contribution in [3.8, 4) is 0 Å². The Bertz CT molecular complexity index is 411. The van der Waals surface area contributed by atoms with Crippen molar-refractivity contribution in [3.63, 3.8) is 0 Å². The van der Waals surface area contributed by atoms with Gasteiger partial charge in [-0.3, -0.25) is 4.40 Å². The molecular weight excluding hydrogens is 206 g/mol. The highest BCUT2D eigenvalue weighted by molar-refractivity contribution is 7.15. The fourth-order valence-electron chi connectivity index (χ4n) is 1.64. The molecule has 0 aliphatic heterocycles. The van der Waals surface area contributed by atoms with E-state index in [0.717, 1.165) is 23.5 Å². The molecule has 4 heteroatoms. The molecule has 0 amide bonds. The summed E-state index contributed by atoms with van der Waals surface area (Å²) in [5, 5.41) is 2.05. The van der Waals surface area contributed by atoms with E-state index < -0.39 is 0 Å². The fourth-order valence-corrected chi connectivity index (χ4v) is 2.36. The molecule has 0 spiro atoms. The standard InChI is InChI=1S/C11H17N3S/c1-3-11(2,8-12)6-9-7-14-4-5-15-10(14)13-9/h4-5,7H,3,6,8,12H2,1-2H3. The van der Waals surface area contributed by atoms with E-state index in [2.05, 4.69) is 29.4 Å². The van der Waals surface area contributed by atoms with Crippen molar-refractivity contribution in [2.75, 3.05) is 6.54 Å². The number of imidazole rings is 1. The maximum atomic E-state index is 5.80. The van der Waals surface area contributed by atoms with Crippen LogP contribution in [0.25, 0.3) is 4.96 Å². The first kappa shape index (κ1) is 10.6. The Morgan fingerprint density at radius 3 is 3.00 bits per heavy atom. The molecule has 0 saturated heterocycles. The van der Waals surface area contributed by atoms with Crippen LogP contribution in [-0.2, 0) is 6.42 Å². The van der Waals surface area contributed by atoms with Gasteiger partial charge in [0.2, 0.25) is 0 Å². The van der Waals surface area contributed by atoms with E-state index in [4.69, 9.17) is 5.73 Å². The second-order valence-corrected chi connectivity index (χ2v) is 5.24. The molecule has 2 N–H and O–H groups in total. The number of fused-ring (bicyclic) bond motifs is 1. The molecule has 82 valence electrons. The lowest BCUT2D eigenvalue weighted by Crippen LogP contribution is -2.28. The molecule has 0 saturated carbocycles. The Morgan fingerprint density at radius 1 is 1.60 bits per heavy atom. The summed E-state index contributed by atoms with van der Waals surface area (Å²) in [4.78, 5) is 5.65. The van der Waals surface area contributed by atoms with Crippen molar-refractivity contribution in [3.05, 3.63) is 23.5 Å². The number of nitrogens with two attached hydrogens (primary N) is 1. The largest absolute Gasteiger partial charge is 0.330 e. The maximum Gasteiger partial charge on any atom is 0.193 e. The first-order valence-corrected chi connectivity index (χ1v) is 6.16. The molecule has 0 bridgehead atoms. The van der Waals surface area contributed by atoms with Gasteiger partial charge in [0, 0.05) is 17.8 Å². The Kier molecular flexibility index (Phi) is 2.80. The van der Waals surface area contributed by atoms with Crippen LogP contribution in [0.3, 0.4) is 0 Å². The zero-order valence-electron chi connectivity index (χ0n) is 9.23. The highest BCUT2D eigenvalue weighted by atomic mass is 32.1. The van der Waals surface area contributed by atoms with Gasteiger partial charge in [-0.1, -0.05) is 13.8 Å². The van der Waals surface area contributed by atoms with Gasteiger partial charge in [0.25, 0.3) is 0 Å². The lowest BCUT2D eigenvalue weighted by molar-refractivity contribution is 0.318. The zero-order valence-corrected chi connectivity index (χ0v) is 10.0. The number of nitrogens with zero attached hydrogens (tertiary/aromatic N) is 2. The van der Waals surface area contributed by atoms with Gasteiger partial charge in [-0.2, -0.15) is 0 Å². The van der Waals surface area contributed by atoms with Crippen LogP contribution in [0.2, 0.25) is 0 Å². The molecule has 2 heterocycles. The summed E-state index contributed by atoms with van der Waals surface area (Å²) in [6, 6.07) is 0. The summed E-state index contributed by atoms with van der Waals surface area (Å²) >= 11 is 1.67. The van der Waals surface area contributed by atoms with Gasteiger partial charge in [-0.05, 0) is 24.8 Å². The third-order valence-electron chi connectivity index (χ3n) is 3.10. The molecule has 1 unspecified atom stereocenters. The predicted octanol–water partition coefficient (Wildman–Crippen LogP) is 2.31. The Balaban J connectivity index is 2.21. The van der Waals surface area contributed by atoms with Crippen molar-refractivity contribution in [1.82, 2.24) is 9.38 Å². The van der Waals surface area contributed by atoms with Crippen LogP contribution in [0.15, 0.2) is 17.8 Å². The first-order valence-electron chi connectivity index (χ1n) is 5.28. The molecule has 0 fully saturated rings. The minimum Gasteiger partial charge on any atom is -0.330 e. The number of hydrogen-bond donors (Lipinski definition) is 1. The third-order valence-corrected chi connectivity index (χ3v) is 3.87. The Hall–Kier alpha value is -0.870. The summed E-state index contributed by atoms with van der Waals surface area (Å²) in [6.07, 6.45) is 6.21. The average molecular weight is 223 g/mol. The topological polar surface area (TPSA) is 43.3 Å². The molecule has 0 aliphatic carbocycles. The van der Waals surface area contributed by atoms with Gasteiger partial charge in [0.1, 0.15) is 0 Å². The number of aromatic nitrogens is 2. The number of thiazole rings is 1. The van der Waals surface area contributed by atoms with Gasteiger partial charge in [0.05, 0.1) is 5.69 Å². The monoisotopic (exact) mass is 223 g/mol. The van der Waals surface area contributed by atoms with E-state index >= 15 is 0 Å². The molecule has 15 heavy (non-hydrogen) atoms. The molecule has 3 nitrogen and oxygen atoms in total. The summed E-state index contributed by atoms with van der Waals surface area (Å²) in [5.41, 5.74) is 7.14. The zero-order chi connectivity index (χ0) is 10.9. The van der Waals surface area contributed by atoms with Crippen molar-refractivity contribution >= 4 is 16.3 Å². The minimum absolute atomic E-state index is 0.185. The van der Waals surface area contributed by atoms with Gasteiger partial charge in [-0.25, -0.2) is 4.98 Å². The molecule has 1 atom stereocenters. The smallest absolute Gasteiger partial charge is 0.193 e. The van der Waals surface area contributed by atoms with Crippen molar-refractivity contribution < 1.29 is 0 Å². The van der Waals surface area contributed by atoms with Crippen LogP contribution in [0.1, 0.15) is 26.0 Å². The fraction of sp³-hybridized carbons (Fsp3) is 0.545. The molecule has 2 rings (SSSR count). The summed E-state index contributed by atoms with van der Waals surface area (Å²) < 4.78 is 2.08. The molecule has 0 radical (unpaired) electrons. The quantitative estimate of drug-likeness (QED) is 0.864. The predicted molar refractivity (Wildman–Crippen MR) is 64.2 cm³/mol. The van der Waals surface area contributed by atoms with E-state index in [1.165, 1.54) is 0 Å².